The van der Waals surface area contributed by atoms with Gasteiger partial charge in [-0.15, -0.1) is 0 Å². The minimum atomic E-state index is -1.43. The minimum Gasteiger partial charge on any atom is -0.447 e. The molecule has 3 fully saturated rings. The Morgan fingerprint density at radius 2 is 1.91 bits per heavy atom. The molecule has 34 heavy (non-hydrogen) atoms. The van der Waals surface area contributed by atoms with Crippen LogP contribution in [0.2, 0.25) is 0 Å². The van der Waals surface area contributed by atoms with Crippen LogP contribution >= 0.6 is 0 Å². The van der Waals surface area contributed by atoms with Gasteiger partial charge < -0.3 is 14.6 Å². The van der Waals surface area contributed by atoms with Crippen LogP contribution in [0, 0.1) is 29.1 Å². The Bertz CT molecular complexity index is 1060. The molecule has 182 valence electrons. The van der Waals surface area contributed by atoms with Gasteiger partial charge in [0.1, 0.15) is 0 Å². The second-order valence-corrected chi connectivity index (χ2v) is 11.8. The summed E-state index contributed by atoms with van der Waals surface area (Å²) >= 11 is 0. The number of Topliss-reactive ketones (excluding diaryl/α,β-unsaturated/α-hetero) is 1. The van der Waals surface area contributed by atoms with Crippen LogP contribution in [0.25, 0.3) is 6.08 Å². The molecule has 1 saturated heterocycles. The van der Waals surface area contributed by atoms with Crippen molar-refractivity contribution < 1.29 is 24.2 Å². The zero-order valence-electron chi connectivity index (χ0n) is 20.8. The van der Waals surface area contributed by atoms with Gasteiger partial charge in [0.2, 0.25) is 5.78 Å². The first-order valence-electron chi connectivity index (χ1n) is 12.5. The van der Waals surface area contributed by atoms with E-state index in [1.165, 1.54) is 6.08 Å². The van der Waals surface area contributed by atoms with Gasteiger partial charge in [0.15, 0.2) is 5.60 Å². The molecule has 1 N–H and O–H groups in total. The van der Waals surface area contributed by atoms with Crippen molar-refractivity contribution in [2.45, 2.75) is 77.3 Å². The maximum Gasteiger partial charge on any atom is 0.331 e. The Hall–Kier alpha value is -2.24. The van der Waals surface area contributed by atoms with Crippen molar-refractivity contribution in [2.75, 3.05) is 0 Å². The summed E-state index contributed by atoms with van der Waals surface area (Å²) in [6, 6.07) is 9.50. The van der Waals surface area contributed by atoms with Crippen molar-refractivity contribution in [1.29, 1.82) is 0 Å². The number of epoxide rings is 1. The third-order valence-electron chi connectivity index (χ3n) is 9.14. The molecule has 4 aliphatic rings. The Balaban J connectivity index is 1.53. The number of ketones is 1. The first-order valence-corrected chi connectivity index (χ1v) is 12.5. The fourth-order valence-electron chi connectivity index (χ4n) is 6.83. The molecule has 1 aromatic carbocycles. The number of benzene rings is 1. The Morgan fingerprint density at radius 1 is 1.21 bits per heavy atom. The summed E-state index contributed by atoms with van der Waals surface area (Å²) in [5.41, 5.74) is -0.200. The number of hydrogen-bond donors (Lipinski definition) is 1. The molecule has 5 rings (SSSR count). The molecule has 0 amide bonds. The van der Waals surface area contributed by atoms with Crippen LogP contribution in [0.3, 0.4) is 0 Å². The molecule has 5 nitrogen and oxygen atoms in total. The van der Waals surface area contributed by atoms with Crippen LogP contribution < -0.4 is 0 Å². The van der Waals surface area contributed by atoms with Gasteiger partial charge in [-0.25, -0.2) is 4.79 Å². The van der Waals surface area contributed by atoms with Crippen molar-refractivity contribution in [2.24, 2.45) is 29.1 Å². The molecular formula is C29H36O5. The molecular weight excluding hydrogens is 428 g/mol. The Labute approximate surface area is 202 Å². The standard InChI is InChI=1S/C29H36O5/c1-17-15-21-20(27(21,3)4)13-14-28(5)26(34-28)23-24(31)18(2)16-29(23,25(17)32)33-22(30)12-11-19-9-7-6-8-10-19/h6-12,15,18,20-21,23-24,26,31H,13-14,16H2,1-5H3/t18-,20-,21+,23+,24-,26+,28+,29-/m0/s1. The SMILES string of the molecule is CC1=C[C@@H]2[C@H](CC[C@@]3(C)O[C@@H]3[C@H]3[C@@H](O)[C@@H](C)C[C@@]3(OC(=O)C=Cc3ccccc3)C1=O)C2(C)C. The van der Waals surface area contributed by atoms with Gasteiger partial charge in [-0.05, 0) is 67.1 Å². The van der Waals surface area contributed by atoms with Crippen molar-refractivity contribution in [3.05, 3.63) is 53.6 Å². The smallest absolute Gasteiger partial charge is 0.331 e. The van der Waals surface area contributed by atoms with Crippen molar-refractivity contribution in [1.82, 2.24) is 0 Å². The summed E-state index contributed by atoms with van der Waals surface area (Å²) in [6.07, 6.45) is 6.26. The molecule has 1 heterocycles. The molecule has 0 aromatic heterocycles. The van der Waals surface area contributed by atoms with E-state index >= 15 is 0 Å². The number of rotatable bonds is 3. The number of carbonyl (C=O) groups excluding carboxylic acids is 2. The topological polar surface area (TPSA) is 76.1 Å². The van der Waals surface area contributed by atoms with E-state index in [0.717, 1.165) is 18.4 Å². The molecule has 0 spiro atoms. The van der Waals surface area contributed by atoms with E-state index in [1.807, 2.05) is 44.2 Å². The number of aliphatic hydroxyl groups is 1. The maximum absolute atomic E-state index is 14.1. The Morgan fingerprint density at radius 3 is 2.62 bits per heavy atom. The van der Waals surface area contributed by atoms with Gasteiger partial charge in [-0.3, -0.25) is 4.79 Å². The third kappa shape index (κ3) is 3.68. The molecule has 2 saturated carbocycles. The van der Waals surface area contributed by atoms with Crippen LogP contribution in [-0.4, -0.2) is 40.3 Å². The number of carbonyl (C=O) groups is 2. The normalized spacial score (nSPS) is 42.6. The first-order chi connectivity index (χ1) is 16.0. The fourth-order valence-corrected chi connectivity index (χ4v) is 6.83. The van der Waals surface area contributed by atoms with Crippen LogP contribution in [0.15, 0.2) is 48.1 Å². The lowest BCUT2D eigenvalue weighted by atomic mass is 9.77. The van der Waals surface area contributed by atoms with E-state index < -0.39 is 29.2 Å². The van der Waals surface area contributed by atoms with E-state index in [1.54, 1.807) is 6.08 Å². The largest absolute Gasteiger partial charge is 0.447 e. The lowest BCUT2D eigenvalue weighted by Crippen LogP contribution is -2.52. The summed E-state index contributed by atoms with van der Waals surface area (Å²) in [4.78, 5) is 27.2. The molecule has 3 aliphatic carbocycles. The second kappa shape index (κ2) is 7.89. The molecule has 1 aromatic rings. The van der Waals surface area contributed by atoms with Crippen LogP contribution in [0.4, 0.5) is 0 Å². The number of fused-ring (bicyclic) bond motifs is 4. The molecule has 0 unspecified atom stereocenters. The van der Waals surface area contributed by atoms with Gasteiger partial charge in [0, 0.05) is 12.5 Å². The summed E-state index contributed by atoms with van der Waals surface area (Å²) in [5, 5.41) is 11.2. The minimum absolute atomic E-state index is 0.144. The van der Waals surface area contributed by atoms with Crippen LogP contribution in [0.5, 0.6) is 0 Å². The molecule has 0 radical (unpaired) electrons. The van der Waals surface area contributed by atoms with Crippen LogP contribution in [0.1, 0.15) is 59.4 Å². The van der Waals surface area contributed by atoms with Gasteiger partial charge in [-0.2, -0.15) is 0 Å². The van der Waals surface area contributed by atoms with E-state index in [-0.39, 0.29) is 23.2 Å². The van der Waals surface area contributed by atoms with Crippen molar-refractivity contribution in [3.63, 3.8) is 0 Å². The highest BCUT2D eigenvalue weighted by Gasteiger charge is 2.71. The lowest BCUT2D eigenvalue weighted by molar-refractivity contribution is -0.168. The van der Waals surface area contributed by atoms with Gasteiger partial charge in [0.05, 0.1) is 23.7 Å². The van der Waals surface area contributed by atoms with E-state index in [4.69, 9.17) is 9.47 Å². The number of aliphatic hydroxyl groups excluding tert-OH is 1. The number of ether oxygens (including phenoxy) is 2. The van der Waals surface area contributed by atoms with Crippen molar-refractivity contribution >= 4 is 17.8 Å². The highest BCUT2D eigenvalue weighted by Crippen LogP contribution is 2.64. The average Bonchev–Trinajstić information content (AvgIpc) is 3.57. The average molecular weight is 465 g/mol. The molecule has 1 aliphatic heterocycles. The predicted molar refractivity (Wildman–Crippen MR) is 130 cm³/mol. The first kappa shape index (κ1) is 23.5. The quantitative estimate of drug-likeness (QED) is 0.397. The zero-order valence-corrected chi connectivity index (χ0v) is 20.8. The summed E-state index contributed by atoms with van der Waals surface area (Å²) in [7, 11) is 0. The highest BCUT2D eigenvalue weighted by atomic mass is 16.6. The van der Waals surface area contributed by atoms with Gasteiger partial charge in [0.25, 0.3) is 0 Å². The summed E-state index contributed by atoms with van der Waals surface area (Å²) in [5.74, 6) is -0.704. The molecule has 5 heteroatoms. The van der Waals surface area contributed by atoms with E-state index in [2.05, 4.69) is 26.8 Å². The number of allylic oxidation sites excluding steroid dienone is 1. The lowest BCUT2D eigenvalue weighted by Gasteiger charge is -2.34. The third-order valence-corrected chi connectivity index (χ3v) is 9.14. The second-order valence-electron chi connectivity index (χ2n) is 11.8. The maximum atomic E-state index is 14.1. The highest BCUT2D eigenvalue weighted by molar-refractivity contribution is 6.04. The molecule has 8 atom stereocenters. The van der Waals surface area contributed by atoms with Crippen LogP contribution in [-0.2, 0) is 19.1 Å². The molecule has 0 bridgehead atoms. The van der Waals surface area contributed by atoms with Gasteiger partial charge in [-0.1, -0.05) is 57.2 Å². The van der Waals surface area contributed by atoms with E-state index in [9.17, 15) is 14.7 Å². The number of esters is 1. The number of hydrogen-bond acceptors (Lipinski definition) is 5. The fraction of sp³-hybridized carbons (Fsp3) is 0.586. The Kier molecular flexibility index (Phi) is 5.45. The predicted octanol–water partition coefficient (Wildman–Crippen LogP) is 4.74. The van der Waals surface area contributed by atoms with E-state index in [0.29, 0.717) is 23.8 Å². The monoisotopic (exact) mass is 464 g/mol. The zero-order chi connectivity index (χ0) is 24.5. The summed E-state index contributed by atoms with van der Waals surface area (Å²) in [6.45, 7) is 10.3. The van der Waals surface area contributed by atoms with Gasteiger partial charge >= 0.3 is 5.97 Å². The van der Waals surface area contributed by atoms with Crippen molar-refractivity contribution in [3.8, 4) is 0 Å². The summed E-state index contributed by atoms with van der Waals surface area (Å²) < 4.78 is 12.3.